The fraction of sp³-hybridized carbons (Fsp3) is 0.846. The number of rotatable bonds is 5. The van der Waals surface area contributed by atoms with Crippen LogP contribution in [0.1, 0.15) is 83.1 Å². The second-order valence-electron chi connectivity index (χ2n) is 13.3. The molecule has 1 aliphatic heterocycles. The molecule has 0 bridgehead atoms. The molecule has 0 spiro atoms. The minimum atomic E-state index is -1.75. The van der Waals surface area contributed by atoms with Crippen LogP contribution in [-0.4, -0.2) is 66.3 Å². The average Bonchev–Trinajstić information content (AvgIpc) is 2.67. The second kappa shape index (κ2) is 11.0. The first-order valence-electron chi connectivity index (χ1n) is 12.1. The van der Waals surface area contributed by atoms with Gasteiger partial charge in [0.15, 0.2) is 24.6 Å². The Hall–Kier alpha value is -2.20. The van der Waals surface area contributed by atoms with Crippen LogP contribution in [0.3, 0.4) is 0 Å². The summed E-state index contributed by atoms with van der Waals surface area (Å²) in [6, 6.07) is 0. The van der Waals surface area contributed by atoms with Gasteiger partial charge in [0.05, 0.1) is 21.7 Å². The Morgan fingerprint density at radius 3 is 1.28 bits per heavy atom. The molecule has 0 aromatic carbocycles. The molecule has 1 N–H and O–H groups in total. The van der Waals surface area contributed by atoms with Crippen molar-refractivity contribution in [3.05, 3.63) is 0 Å². The van der Waals surface area contributed by atoms with E-state index in [0.717, 1.165) is 0 Å². The number of carbonyl (C=O) groups is 4. The molecule has 0 aromatic rings. The van der Waals surface area contributed by atoms with Gasteiger partial charge in [0.25, 0.3) is 0 Å². The number of ether oxygens (including phenoxy) is 5. The lowest BCUT2D eigenvalue weighted by Gasteiger charge is -2.44. The van der Waals surface area contributed by atoms with Gasteiger partial charge in [0.1, 0.15) is 12.7 Å². The monoisotopic (exact) mass is 516 g/mol. The Balaban J connectivity index is 3.50. The summed E-state index contributed by atoms with van der Waals surface area (Å²) in [7, 11) is 0. The molecule has 0 aromatic heterocycles. The minimum Gasteiger partial charge on any atom is -0.462 e. The highest BCUT2D eigenvalue weighted by atomic mass is 16.7. The molecular weight excluding hydrogens is 472 g/mol. The summed E-state index contributed by atoms with van der Waals surface area (Å²) >= 11 is 0. The zero-order valence-electron chi connectivity index (χ0n) is 23.7. The fourth-order valence-corrected chi connectivity index (χ4v) is 2.71. The van der Waals surface area contributed by atoms with Crippen molar-refractivity contribution in [2.75, 3.05) is 6.61 Å². The molecule has 0 aliphatic carbocycles. The number of hydrogen-bond acceptors (Lipinski definition) is 10. The number of hydrogen-bond donors (Lipinski definition) is 1. The molecule has 5 atom stereocenters. The summed E-state index contributed by atoms with van der Waals surface area (Å²) in [6.45, 7) is 19.2. The molecule has 0 radical (unpaired) electrons. The van der Waals surface area contributed by atoms with E-state index in [-0.39, 0.29) is 0 Å². The highest BCUT2D eigenvalue weighted by molar-refractivity contribution is 5.78. The topological polar surface area (TPSA) is 135 Å². The largest absolute Gasteiger partial charge is 0.462 e. The lowest BCUT2D eigenvalue weighted by molar-refractivity contribution is -0.300. The Bertz CT molecular complexity index is 820. The first-order valence-corrected chi connectivity index (χ1v) is 12.1. The maximum absolute atomic E-state index is 12.9. The molecule has 1 heterocycles. The van der Waals surface area contributed by atoms with Crippen molar-refractivity contribution in [1.82, 2.24) is 0 Å². The van der Waals surface area contributed by atoms with Crippen molar-refractivity contribution in [1.29, 1.82) is 0 Å². The van der Waals surface area contributed by atoms with Gasteiger partial charge in [0, 0.05) is 0 Å². The maximum Gasteiger partial charge on any atom is 0.311 e. The SMILES string of the molecule is CC(C)(C)C(=O)OC[C@H]1OC(O)[C@@H](OC(=O)C(C)(C)C)[C@@H](OC(=O)C(C)(C)C)[C@@H]1OC(=O)C(C)(C)C. The fourth-order valence-electron chi connectivity index (χ4n) is 2.71. The van der Waals surface area contributed by atoms with E-state index in [0.29, 0.717) is 0 Å². The summed E-state index contributed by atoms with van der Waals surface area (Å²) in [4.78, 5) is 50.8. The Morgan fingerprint density at radius 1 is 0.583 bits per heavy atom. The zero-order chi connectivity index (χ0) is 28.4. The van der Waals surface area contributed by atoms with E-state index in [9.17, 15) is 24.3 Å². The van der Waals surface area contributed by atoms with E-state index < -0.39 is 82.8 Å². The van der Waals surface area contributed by atoms with Crippen molar-refractivity contribution in [2.24, 2.45) is 21.7 Å². The van der Waals surface area contributed by atoms with E-state index in [1.807, 2.05) is 0 Å². The number of aliphatic hydroxyl groups is 1. The van der Waals surface area contributed by atoms with Crippen LogP contribution in [0.4, 0.5) is 0 Å². The van der Waals surface area contributed by atoms with Crippen molar-refractivity contribution < 1.29 is 48.0 Å². The van der Waals surface area contributed by atoms with Crippen LogP contribution in [0, 0.1) is 21.7 Å². The van der Waals surface area contributed by atoms with E-state index in [2.05, 4.69) is 0 Å². The van der Waals surface area contributed by atoms with Crippen molar-refractivity contribution in [2.45, 2.75) is 114 Å². The first-order chi connectivity index (χ1) is 16.0. The number of carbonyl (C=O) groups excluding carboxylic acids is 4. The summed E-state index contributed by atoms with van der Waals surface area (Å²) in [5.74, 6) is -2.57. The molecule has 1 fully saturated rings. The quantitative estimate of drug-likeness (QED) is 0.429. The van der Waals surface area contributed by atoms with Crippen LogP contribution in [-0.2, 0) is 42.9 Å². The summed E-state index contributed by atoms with van der Waals surface area (Å²) in [5.41, 5.74) is -3.68. The Morgan fingerprint density at radius 2 is 0.917 bits per heavy atom. The summed E-state index contributed by atoms with van der Waals surface area (Å²) in [5, 5.41) is 10.8. The Kier molecular flexibility index (Phi) is 9.77. The van der Waals surface area contributed by atoms with Crippen LogP contribution >= 0.6 is 0 Å². The van der Waals surface area contributed by atoms with Crippen LogP contribution in [0.2, 0.25) is 0 Å². The van der Waals surface area contributed by atoms with Gasteiger partial charge in [-0.05, 0) is 83.1 Å². The lowest BCUT2D eigenvalue weighted by atomic mass is 9.93. The molecule has 36 heavy (non-hydrogen) atoms. The minimum absolute atomic E-state index is 0.404. The first kappa shape index (κ1) is 31.8. The predicted molar refractivity (Wildman–Crippen MR) is 129 cm³/mol. The smallest absolute Gasteiger partial charge is 0.311 e. The number of aliphatic hydroxyl groups excluding tert-OH is 1. The van der Waals surface area contributed by atoms with Gasteiger partial charge in [-0.15, -0.1) is 0 Å². The van der Waals surface area contributed by atoms with Crippen LogP contribution < -0.4 is 0 Å². The van der Waals surface area contributed by atoms with E-state index in [1.54, 1.807) is 83.1 Å². The number of esters is 4. The van der Waals surface area contributed by atoms with Gasteiger partial charge >= 0.3 is 23.9 Å². The van der Waals surface area contributed by atoms with Gasteiger partial charge in [-0.3, -0.25) is 19.2 Å². The third-order valence-electron chi connectivity index (χ3n) is 5.17. The van der Waals surface area contributed by atoms with Crippen LogP contribution in [0.5, 0.6) is 0 Å². The maximum atomic E-state index is 12.9. The van der Waals surface area contributed by atoms with E-state index in [1.165, 1.54) is 0 Å². The summed E-state index contributed by atoms with van der Waals surface area (Å²) in [6.07, 6.45) is -7.25. The molecule has 0 saturated carbocycles. The van der Waals surface area contributed by atoms with Crippen LogP contribution in [0.25, 0.3) is 0 Å². The highest BCUT2D eigenvalue weighted by Gasteiger charge is 2.54. The van der Waals surface area contributed by atoms with Crippen LogP contribution in [0.15, 0.2) is 0 Å². The van der Waals surface area contributed by atoms with Gasteiger partial charge in [-0.2, -0.15) is 0 Å². The third-order valence-corrected chi connectivity index (χ3v) is 5.17. The van der Waals surface area contributed by atoms with E-state index in [4.69, 9.17) is 23.7 Å². The van der Waals surface area contributed by atoms with E-state index >= 15 is 0 Å². The molecule has 1 unspecified atom stereocenters. The van der Waals surface area contributed by atoms with Crippen molar-refractivity contribution >= 4 is 23.9 Å². The summed E-state index contributed by atoms with van der Waals surface area (Å²) < 4.78 is 28.0. The highest BCUT2D eigenvalue weighted by Crippen LogP contribution is 2.33. The predicted octanol–water partition coefficient (Wildman–Crippen LogP) is 3.17. The van der Waals surface area contributed by atoms with Crippen molar-refractivity contribution in [3.63, 3.8) is 0 Å². The molecule has 208 valence electrons. The molecule has 1 saturated heterocycles. The molecule has 1 rings (SSSR count). The molecule has 1 aliphatic rings. The van der Waals surface area contributed by atoms with Gasteiger partial charge < -0.3 is 28.8 Å². The molecule has 0 amide bonds. The lowest BCUT2D eigenvalue weighted by Crippen LogP contribution is -2.63. The third kappa shape index (κ3) is 8.73. The van der Waals surface area contributed by atoms with Gasteiger partial charge in [-0.1, -0.05) is 0 Å². The standard InChI is InChI=1S/C26H44O10/c1-23(2,3)19(28)32-13-14-15(34-20(29)24(4,5)6)16(35-21(30)25(7,8)9)17(18(27)33-14)36-22(31)26(10,11)12/h14-18,27H,13H2,1-12H3/t14-,15-,16+,17+,18?/m1/s1. The van der Waals surface area contributed by atoms with Crippen molar-refractivity contribution in [3.8, 4) is 0 Å². The van der Waals surface area contributed by atoms with Gasteiger partial charge in [0.2, 0.25) is 0 Å². The van der Waals surface area contributed by atoms with Gasteiger partial charge in [-0.25, -0.2) is 0 Å². The molecule has 10 heteroatoms. The average molecular weight is 517 g/mol. The normalized spacial score (nSPS) is 25.5. The molecule has 10 nitrogen and oxygen atoms in total. The second-order valence-corrected chi connectivity index (χ2v) is 13.3. The molecular formula is C26H44O10. The zero-order valence-corrected chi connectivity index (χ0v) is 23.7. The Labute approximate surface area is 214 Å².